The molecule has 13 heteroatoms. The van der Waals surface area contributed by atoms with E-state index in [1.807, 2.05) is 20.8 Å². The first-order chi connectivity index (χ1) is 22.4. The fraction of sp³-hybridized carbons (Fsp3) is 0.455. The van der Waals surface area contributed by atoms with Crippen molar-refractivity contribution in [2.75, 3.05) is 59.5 Å². The van der Waals surface area contributed by atoms with E-state index in [-0.39, 0.29) is 54.3 Å². The van der Waals surface area contributed by atoms with Crippen LogP contribution >= 0.6 is 0 Å². The lowest BCUT2D eigenvalue weighted by Crippen LogP contribution is -2.37. The molecule has 0 radical (unpaired) electrons. The van der Waals surface area contributed by atoms with Crippen molar-refractivity contribution in [3.05, 3.63) is 72.0 Å². The van der Waals surface area contributed by atoms with Crippen molar-refractivity contribution in [1.29, 1.82) is 0 Å². The minimum atomic E-state index is -1.81. The van der Waals surface area contributed by atoms with E-state index in [1.54, 1.807) is 0 Å². The summed E-state index contributed by atoms with van der Waals surface area (Å²) in [7, 11) is -1.81. The number of halogens is 3. The largest absolute Gasteiger partial charge is 0.864 e. The summed E-state index contributed by atoms with van der Waals surface area (Å²) in [5.41, 5.74) is 0. The Morgan fingerprint density at radius 3 is 1.00 bits per heavy atom. The third-order valence-corrected chi connectivity index (χ3v) is 5.91. The second-order valence-electron chi connectivity index (χ2n) is 9.80. The van der Waals surface area contributed by atoms with Gasteiger partial charge in [-0.1, -0.05) is 20.8 Å². The van der Waals surface area contributed by atoms with E-state index in [0.717, 1.165) is 37.5 Å². The first-order valence-electron chi connectivity index (χ1n) is 15.4. The molecule has 3 rings (SSSR count). The molecule has 0 aliphatic rings. The van der Waals surface area contributed by atoms with Crippen LogP contribution in [0.25, 0.3) is 0 Å². The first kappa shape index (κ1) is 36.7. The maximum Gasteiger partial charge on any atom is 0.864 e. The lowest BCUT2D eigenvalue weighted by Gasteiger charge is -2.18. The minimum Gasteiger partial charge on any atom is -0.491 e. The Labute approximate surface area is 268 Å². The van der Waals surface area contributed by atoms with Crippen molar-refractivity contribution in [2.24, 2.45) is 0 Å². The van der Waals surface area contributed by atoms with Crippen LogP contribution in [0, 0.1) is 17.5 Å². The highest BCUT2D eigenvalue weighted by atomic mass is 19.1. The van der Waals surface area contributed by atoms with Crippen molar-refractivity contribution in [2.45, 2.75) is 40.0 Å². The van der Waals surface area contributed by atoms with Crippen LogP contribution in [-0.2, 0) is 14.2 Å². The van der Waals surface area contributed by atoms with Gasteiger partial charge in [0.05, 0.1) is 19.8 Å². The van der Waals surface area contributed by atoms with Crippen LogP contribution in [-0.4, -0.2) is 66.8 Å². The number of rotatable bonds is 24. The molecule has 0 aliphatic heterocycles. The zero-order valence-corrected chi connectivity index (χ0v) is 26.6. The van der Waals surface area contributed by atoms with Crippen molar-refractivity contribution in [1.82, 2.24) is 0 Å². The highest BCUT2D eigenvalue weighted by molar-refractivity contribution is 6.39. The summed E-state index contributed by atoms with van der Waals surface area (Å²) in [5.74, 6) is -2.63. The van der Waals surface area contributed by atoms with Gasteiger partial charge in [-0.2, -0.15) is 0 Å². The van der Waals surface area contributed by atoms with Crippen molar-refractivity contribution in [3.8, 4) is 34.5 Å². The van der Waals surface area contributed by atoms with Crippen LogP contribution in [0.1, 0.15) is 40.0 Å². The fourth-order valence-electron chi connectivity index (χ4n) is 3.78. The second-order valence-corrected chi connectivity index (χ2v) is 9.80. The van der Waals surface area contributed by atoms with Crippen LogP contribution in [0.3, 0.4) is 0 Å². The van der Waals surface area contributed by atoms with Gasteiger partial charge in [-0.3, -0.25) is 0 Å². The minimum absolute atomic E-state index is 0.226. The quantitative estimate of drug-likeness (QED) is 0.0749. The van der Waals surface area contributed by atoms with Gasteiger partial charge in [0.25, 0.3) is 0 Å². The monoisotopic (exact) mass is 650 g/mol. The van der Waals surface area contributed by atoms with Gasteiger partial charge in [0.2, 0.25) is 0 Å². The van der Waals surface area contributed by atoms with Gasteiger partial charge in [-0.05, 0) is 55.7 Å². The zero-order chi connectivity index (χ0) is 33.0. The highest BCUT2D eigenvalue weighted by Gasteiger charge is 2.33. The van der Waals surface area contributed by atoms with Gasteiger partial charge >= 0.3 is 7.32 Å². The van der Waals surface area contributed by atoms with E-state index in [4.69, 9.17) is 42.4 Å². The molecule has 3 aromatic carbocycles. The average Bonchev–Trinajstić information content (AvgIpc) is 3.04. The Morgan fingerprint density at radius 1 is 0.435 bits per heavy atom. The number of ether oxygens (including phenoxy) is 6. The van der Waals surface area contributed by atoms with E-state index in [2.05, 4.69) is 0 Å². The number of benzene rings is 3. The second kappa shape index (κ2) is 21.1. The zero-order valence-electron chi connectivity index (χ0n) is 26.6. The van der Waals surface area contributed by atoms with Crippen LogP contribution < -0.4 is 28.2 Å². The molecule has 0 fully saturated rings. The summed E-state index contributed by atoms with van der Waals surface area (Å²) in [4.78, 5) is 0. The molecule has 0 aromatic heterocycles. The van der Waals surface area contributed by atoms with E-state index in [0.29, 0.717) is 39.6 Å². The molecule has 0 spiro atoms. The predicted octanol–water partition coefficient (Wildman–Crippen LogP) is 7.04. The van der Waals surface area contributed by atoms with Gasteiger partial charge in [0.15, 0.2) is 17.5 Å². The third-order valence-electron chi connectivity index (χ3n) is 5.91. The van der Waals surface area contributed by atoms with Crippen molar-refractivity contribution in [3.63, 3.8) is 0 Å². The van der Waals surface area contributed by atoms with Gasteiger partial charge in [-0.25, -0.2) is 13.2 Å². The van der Waals surface area contributed by atoms with Crippen LogP contribution in [0.2, 0.25) is 0 Å². The van der Waals surface area contributed by atoms with Crippen molar-refractivity contribution < 1.29 is 55.6 Å². The first-order valence-corrected chi connectivity index (χ1v) is 15.4. The van der Waals surface area contributed by atoms with Gasteiger partial charge in [0, 0.05) is 38.0 Å². The Balaban J connectivity index is 1.72. The molecule has 0 amide bonds. The molecular weight excluding hydrogens is 608 g/mol. The van der Waals surface area contributed by atoms with Gasteiger partial charge in [0.1, 0.15) is 54.3 Å². The molecule has 0 aliphatic carbocycles. The fourth-order valence-corrected chi connectivity index (χ4v) is 3.78. The molecule has 3 aromatic rings. The standard InChI is InChI=1S/C33H42BF3O9/c1-4-13-38-16-19-41-25-7-10-31(28(35)22-25)44-34(45-32-11-8-26(23-29(32)36)42-20-17-39-14-5-2)46-33-12-9-27(24-30(33)37)43-21-18-40-15-6-3/h7-12,22-24H,4-6,13-21H2,1-3H3. The summed E-state index contributed by atoms with van der Waals surface area (Å²) in [6.45, 7) is 9.49. The average molecular weight is 650 g/mol. The van der Waals surface area contributed by atoms with Gasteiger partial charge in [-0.15, -0.1) is 0 Å². The molecule has 0 bridgehead atoms. The Bertz CT molecular complexity index is 1150. The molecule has 0 saturated carbocycles. The highest BCUT2D eigenvalue weighted by Crippen LogP contribution is 2.29. The van der Waals surface area contributed by atoms with Crippen molar-refractivity contribution >= 4 is 7.32 Å². The number of hydrogen-bond donors (Lipinski definition) is 0. The maximum absolute atomic E-state index is 15.0. The summed E-state index contributed by atoms with van der Waals surface area (Å²) < 4.78 is 94.5. The maximum atomic E-state index is 15.0. The van der Waals surface area contributed by atoms with Crippen LogP contribution in [0.15, 0.2) is 54.6 Å². The van der Waals surface area contributed by atoms with Crippen LogP contribution in [0.5, 0.6) is 34.5 Å². The van der Waals surface area contributed by atoms with E-state index < -0.39 is 24.8 Å². The molecular formula is C33H42BF3O9. The summed E-state index contributed by atoms with van der Waals surface area (Å²) in [6.07, 6.45) is 2.62. The summed E-state index contributed by atoms with van der Waals surface area (Å²) in [5, 5.41) is 0. The number of hydrogen-bond acceptors (Lipinski definition) is 9. The lowest BCUT2D eigenvalue weighted by molar-refractivity contribution is 0.100. The molecule has 0 unspecified atom stereocenters. The smallest absolute Gasteiger partial charge is 0.491 e. The molecule has 0 saturated heterocycles. The Kier molecular flexibility index (Phi) is 16.8. The molecule has 0 N–H and O–H groups in total. The third kappa shape index (κ3) is 13.3. The van der Waals surface area contributed by atoms with E-state index in [9.17, 15) is 0 Å². The summed E-state index contributed by atoms with van der Waals surface area (Å²) in [6, 6.07) is 11.6. The normalized spacial score (nSPS) is 10.8. The Morgan fingerprint density at radius 2 is 0.739 bits per heavy atom. The van der Waals surface area contributed by atoms with E-state index in [1.165, 1.54) is 36.4 Å². The van der Waals surface area contributed by atoms with E-state index >= 15 is 13.2 Å². The topological polar surface area (TPSA) is 83.1 Å². The lowest BCUT2D eigenvalue weighted by atomic mass is 10.1. The summed E-state index contributed by atoms with van der Waals surface area (Å²) >= 11 is 0. The molecule has 9 nitrogen and oxygen atoms in total. The van der Waals surface area contributed by atoms with Crippen LogP contribution in [0.4, 0.5) is 13.2 Å². The molecule has 46 heavy (non-hydrogen) atoms. The predicted molar refractivity (Wildman–Crippen MR) is 167 cm³/mol. The SMILES string of the molecule is CCCOCCOc1ccc(OB(Oc2ccc(OCCOCCC)cc2F)Oc2ccc(OCCOCCC)cc2F)c(F)c1. The van der Waals surface area contributed by atoms with Gasteiger partial charge < -0.3 is 42.4 Å². The molecule has 0 atom stereocenters. The Hall–Kier alpha value is -3.81. The molecule has 0 heterocycles. The molecule has 252 valence electrons.